The highest BCUT2D eigenvalue weighted by Gasteiger charge is 2.42. The van der Waals surface area contributed by atoms with Crippen LogP contribution in [0.4, 0.5) is 5.69 Å². The van der Waals surface area contributed by atoms with E-state index in [1.165, 1.54) is 0 Å². The lowest BCUT2D eigenvalue weighted by Crippen LogP contribution is -2.29. The van der Waals surface area contributed by atoms with Crippen LogP contribution < -0.4 is 10.2 Å². The molecule has 0 aliphatic carbocycles. The van der Waals surface area contributed by atoms with E-state index in [0.29, 0.717) is 20.9 Å². The number of nitrogens with one attached hydrogen (secondary N) is 1. The fraction of sp³-hybridized carbons (Fsp3) is 0.120. The van der Waals surface area contributed by atoms with Crippen LogP contribution in [0.2, 0.25) is 10.0 Å². The van der Waals surface area contributed by atoms with Gasteiger partial charge in [-0.25, -0.2) is 0 Å². The third-order valence-electron chi connectivity index (χ3n) is 5.50. The summed E-state index contributed by atoms with van der Waals surface area (Å²) < 4.78 is 6.36. The second-order valence-electron chi connectivity index (χ2n) is 7.67. The Bertz CT molecular complexity index is 1290. The van der Waals surface area contributed by atoms with Crippen molar-refractivity contribution in [3.8, 4) is 11.3 Å². The number of halogens is 2. The Morgan fingerprint density at radius 3 is 2.59 bits per heavy atom. The van der Waals surface area contributed by atoms with Crippen LogP contribution in [0.3, 0.4) is 0 Å². The first-order chi connectivity index (χ1) is 15.5. The lowest BCUT2D eigenvalue weighted by Gasteiger charge is -2.26. The van der Waals surface area contributed by atoms with Gasteiger partial charge in [-0.2, -0.15) is 0 Å². The molecule has 160 valence electrons. The van der Waals surface area contributed by atoms with Gasteiger partial charge in [-0.05, 0) is 79.3 Å². The molecule has 1 aliphatic heterocycles. The molecule has 3 heterocycles. The highest BCUT2D eigenvalue weighted by molar-refractivity contribution is 7.80. The number of thiocarbonyl (C=S) groups is 1. The number of nitrogens with zero attached hydrogens (tertiary/aromatic N) is 2. The Hall–Kier alpha value is -2.86. The molecule has 0 amide bonds. The van der Waals surface area contributed by atoms with Crippen molar-refractivity contribution in [2.45, 2.75) is 19.0 Å². The summed E-state index contributed by atoms with van der Waals surface area (Å²) in [5.41, 5.74) is 3.90. The Labute approximate surface area is 201 Å². The summed E-state index contributed by atoms with van der Waals surface area (Å²) in [6, 6.07) is 23.1. The first kappa shape index (κ1) is 21.0. The van der Waals surface area contributed by atoms with Gasteiger partial charge >= 0.3 is 0 Å². The molecule has 4 aromatic rings. The van der Waals surface area contributed by atoms with Crippen LogP contribution in [-0.2, 0) is 0 Å². The van der Waals surface area contributed by atoms with Crippen LogP contribution in [-0.4, -0.2) is 10.1 Å². The minimum atomic E-state index is -0.212. The fourth-order valence-corrected chi connectivity index (χ4v) is 4.66. The van der Waals surface area contributed by atoms with E-state index in [9.17, 15) is 0 Å². The van der Waals surface area contributed by atoms with Crippen molar-refractivity contribution in [3.05, 3.63) is 106 Å². The molecule has 1 aliphatic rings. The van der Waals surface area contributed by atoms with Gasteiger partial charge in [-0.15, -0.1) is 0 Å². The van der Waals surface area contributed by atoms with E-state index in [0.717, 1.165) is 28.3 Å². The van der Waals surface area contributed by atoms with E-state index in [4.69, 9.17) is 39.8 Å². The Balaban J connectivity index is 1.60. The smallest absolute Gasteiger partial charge is 0.174 e. The molecule has 1 N–H and O–H groups in total. The van der Waals surface area contributed by atoms with Gasteiger partial charge < -0.3 is 14.6 Å². The Morgan fingerprint density at radius 1 is 0.969 bits per heavy atom. The van der Waals surface area contributed by atoms with Crippen LogP contribution in [0.15, 0.2) is 83.4 Å². The van der Waals surface area contributed by atoms with Gasteiger partial charge in [0.25, 0.3) is 0 Å². The molecule has 2 aromatic heterocycles. The molecule has 1 fully saturated rings. The molecule has 4 nitrogen and oxygen atoms in total. The molecule has 32 heavy (non-hydrogen) atoms. The number of anilines is 1. The van der Waals surface area contributed by atoms with E-state index >= 15 is 0 Å². The third-order valence-corrected chi connectivity index (χ3v) is 6.55. The average Bonchev–Trinajstić information content (AvgIpc) is 3.41. The van der Waals surface area contributed by atoms with Crippen LogP contribution in [0, 0.1) is 6.92 Å². The summed E-state index contributed by atoms with van der Waals surface area (Å²) in [7, 11) is 0. The molecule has 7 heteroatoms. The van der Waals surface area contributed by atoms with Crippen molar-refractivity contribution in [2.75, 3.05) is 4.90 Å². The highest BCUT2D eigenvalue weighted by Crippen LogP contribution is 2.43. The number of benzene rings is 2. The molecule has 0 saturated carbocycles. The van der Waals surface area contributed by atoms with Gasteiger partial charge in [0, 0.05) is 17.4 Å². The number of aryl methyl sites for hydroxylation is 1. The third kappa shape index (κ3) is 3.88. The average molecular weight is 480 g/mol. The summed E-state index contributed by atoms with van der Waals surface area (Å²) in [6.07, 6.45) is 1.79. The molecule has 0 radical (unpaired) electrons. The van der Waals surface area contributed by atoms with Gasteiger partial charge in [0.05, 0.1) is 21.8 Å². The number of pyridine rings is 1. The van der Waals surface area contributed by atoms with Crippen molar-refractivity contribution >= 4 is 46.2 Å². The van der Waals surface area contributed by atoms with E-state index in [2.05, 4.69) is 40.3 Å². The van der Waals surface area contributed by atoms with Crippen LogP contribution in [0.25, 0.3) is 11.3 Å². The molecule has 2 aromatic carbocycles. The maximum absolute atomic E-state index is 6.36. The highest BCUT2D eigenvalue weighted by atomic mass is 35.5. The zero-order valence-corrected chi connectivity index (χ0v) is 19.5. The summed E-state index contributed by atoms with van der Waals surface area (Å²) in [5, 5.41) is 5.07. The fourth-order valence-electron chi connectivity index (χ4n) is 4.02. The van der Waals surface area contributed by atoms with E-state index in [1.54, 1.807) is 18.3 Å². The zero-order valence-electron chi connectivity index (χ0n) is 17.1. The van der Waals surface area contributed by atoms with Crippen molar-refractivity contribution < 1.29 is 4.42 Å². The first-order valence-electron chi connectivity index (χ1n) is 10.1. The van der Waals surface area contributed by atoms with Gasteiger partial charge in [0.15, 0.2) is 5.11 Å². The quantitative estimate of drug-likeness (QED) is 0.315. The van der Waals surface area contributed by atoms with Crippen molar-refractivity contribution in [1.29, 1.82) is 0 Å². The summed E-state index contributed by atoms with van der Waals surface area (Å²) in [6.45, 7) is 2.07. The van der Waals surface area contributed by atoms with Crippen LogP contribution in [0.1, 0.15) is 29.1 Å². The number of hydrogen-bond acceptors (Lipinski definition) is 3. The van der Waals surface area contributed by atoms with E-state index in [1.807, 2.05) is 42.5 Å². The Morgan fingerprint density at radius 2 is 1.84 bits per heavy atom. The topological polar surface area (TPSA) is 41.3 Å². The van der Waals surface area contributed by atoms with Gasteiger partial charge in [-0.3, -0.25) is 4.98 Å². The summed E-state index contributed by atoms with van der Waals surface area (Å²) in [4.78, 5) is 6.68. The van der Waals surface area contributed by atoms with Gasteiger partial charge in [0.2, 0.25) is 0 Å². The lowest BCUT2D eigenvalue weighted by atomic mass is 10.0. The van der Waals surface area contributed by atoms with Crippen LogP contribution in [0.5, 0.6) is 0 Å². The Kier molecular flexibility index (Phi) is 5.64. The monoisotopic (exact) mass is 479 g/mol. The molecule has 0 bridgehead atoms. The first-order valence-corrected chi connectivity index (χ1v) is 11.3. The predicted molar refractivity (Wildman–Crippen MR) is 133 cm³/mol. The van der Waals surface area contributed by atoms with Gasteiger partial charge in [0.1, 0.15) is 17.6 Å². The molecule has 0 spiro atoms. The normalized spacial score (nSPS) is 18.1. The number of aromatic nitrogens is 1. The number of furan rings is 1. The van der Waals surface area contributed by atoms with E-state index < -0.39 is 0 Å². The summed E-state index contributed by atoms with van der Waals surface area (Å²) >= 11 is 18.1. The molecular formula is C25H19Cl2N3OS. The maximum Gasteiger partial charge on any atom is 0.174 e. The second-order valence-corrected chi connectivity index (χ2v) is 8.87. The number of hydrogen-bond donors (Lipinski definition) is 1. The van der Waals surface area contributed by atoms with Crippen molar-refractivity contribution in [2.24, 2.45) is 0 Å². The van der Waals surface area contributed by atoms with Crippen molar-refractivity contribution in [3.63, 3.8) is 0 Å². The summed E-state index contributed by atoms with van der Waals surface area (Å²) in [5.74, 6) is 1.48. The van der Waals surface area contributed by atoms with Crippen molar-refractivity contribution in [1.82, 2.24) is 10.3 Å². The minimum Gasteiger partial charge on any atom is -0.459 e. The maximum atomic E-state index is 6.36. The van der Waals surface area contributed by atoms with Crippen LogP contribution >= 0.6 is 35.4 Å². The molecule has 5 rings (SSSR count). The minimum absolute atomic E-state index is 0.169. The number of rotatable bonds is 4. The molecule has 2 atom stereocenters. The SMILES string of the molecule is Cc1cccc(N2C(=S)N[C@@H](c3ccccn3)[C@@H]2c2ccc(-c3ccc(Cl)c(Cl)c3)o2)c1. The predicted octanol–water partition coefficient (Wildman–Crippen LogP) is 7.13. The lowest BCUT2D eigenvalue weighted by molar-refractivity contribution is 0.439. The largest absolute Gasteiger partial charge is 0.459 e. The molecule has 1 saturated heterocycles. The van der Waals surface area contributed by atoms with Gasteiger partial charge in [-0.1, -0.05) is 41.4 Å². The second kappa shape index (κ2) is 8.58. The zero-order chi connectivity index (χ0) is 22.2. The van der Waals surface area contributed by atoms with E-state index in [-0.39, 0.29) is 12.1 Å². The standard InChI is InChI=1S/C25H19Cl2N3OS/c1-15-5-4-6-17(13-15)30-24(23(29-25(30)32)20-7-2-3-12-28-20)22-11-10-21(31-22)16-8-9-18(26)19(27)14-16/h2-14,23-24H,1H3,(H,29,32)/t23-,24-/m0/s1. The molecular weight excluding hydrogens is 461 g/mol. The molecule has 0 unspecified atom stereocenters.